The molecule has 0 saturated carbocycles. The summed E-state index contributed by atoms with van der Waals surface area (Å²) in [6, 6.07) is 5.18. The summed E-state index contributed by atoms with van der Waals surface area (Å²) in [6.45, 7) is 2.05. The molecule has 5 heteroatoms. The average molecular weight is 240 g/mol. The number of hydrogen-bond acceptors (Lipinski definition) is 4. The average Bonchev–Trinajstić information content (AvgIpc) is 2.68. The summed E-state index contributed by atoms with van der Waals surface area (Å²) in [7, 11) is -3.22. The third-order valence-electron chi connectivity index (χ3n) is 2.86. The van der Waals surface area contributed by atoms with Crippen LogP contribution in [-0.4, -0.2) is 27.8 Å². The molecule has 1 aromatic rings. The lowest BCUT2D eigenvalue weighted by Gasteiger charge is -2.18. The van der Waals surface area contributed by atoms with E-state index in [1.54, 1.807) is 12.1 Å². The Kier molecular flexibility index (Phi) is 2.80. The van der Waals surface area contributed by atoms with Gasteiger partial charge in [0, 0.05) is 25.0 Å². The number of sulfone groups is 1. The molecule has 1 fully saturated rings. The van der Waals surface area contributed by atoms with E-state index in [2.05, 4.69) is 4.90 Å². The van der Waals surface area contributed by atoms with Gasteiger partial charge in [0.15, 0.2) is 9.84 Å². The minimum atomic E-state index is -3.22. The molecule has 0 radical (unpaired) electrons. The van der Waals surface area contributed by atoms with Crippen LogP contribution in [0.1, 0.15) is 12.8 Å². The van der Waals surface area contributed by atoms with Gasteiger partial charge in [-0.2, -0.15) is 0 Å². The van der Waals surface area contributed by atoms with Crippen LogP contribution in [-0.2, 0) is 9.84 Å². The second kappa shape index (κ2) is 3.97. The van der Waals surface area contributed by atoms with E-state index in [0.29, 0.717) is 5.69 Å². The molecule has 88 valence electrons. The van der Waals surface area contributed by atoms with Crippen LogP contribution in [0.4, 0.5) is 11.4 Å². The van der Waals surface area contributed by atoms with E-state index in [9.17, 15) is 8.42 Å². The number of hydrogen-bond donors (Lipinski definition) is 1. The largest absolute Gasteiger partial charge is 0.398 e. The summed E-state index contributed by atoms with van der Waals surface area (Å²) in [5, 5.41) is 0. The summed E-state index contributed by atoms with van der Waals surface area (Å²) in [5.74, 6) is 0. The highest BCUT2D eigenvalue weighted by Gasteiger charge is 2.16. The van der Waals surface area contributed by atoms with Gasteiger partial charge in [-0.25, -0.2) is 8.42 Å². The Morgan fingerprint density at radius 2 is 1.88 bits per heavy atom. The van der Waals surface area contributed by atoms with Gasteiger partial charge >= 0.3 is 0 Å². The Hall–Kier alpha value is -1.23. The maximum Gasteiger partial charge on any atom is 0.177 e. The SMILES string of the molecule is CS(=O)(=O)c1ccc(N2CCCC2)cc1N. The van der Waals surface area contributed by atoms with Crippen molar-refractivity contribution in [2.45, 2.75) is 17.7 Å². The lowest BCUT2D eigenvalue weighted by atomic mass is 10.2. The maximum atomic E-state index is 11.4. The quantitative estimate of drug-likeness (QED) is 0.791. The third-order valence-corrected chi connectivity index (χ3v) is 4.03. The molecule has 0 aliphatic carbocycles. The zero-order valence-electron chi connectivity index (χ0n) is 9.31. The van der Waals surface area contributed by atoms with Crippen LogP contribution >= 0.6 is 0 Å². The van der Waals surface area contributed by atoms with E-state index < -0.39 is 9.84 Å². The van der Waals surface area contributed by atoms with Gasteiger partial charge in [0.05, 0.1) is 10.6 Å². The van der Waals surface area contributed by atoms with E-state index in [1.165, 1.54) is 19.1 Å². The first-order valence-electron chi connectivity index (χ1n) is 5.33. The van der Waals surface area contributed by atoms with Gasteiger partial charge in [-0.15, -0.1) is 0 Å². The van der Waals surface area contributed by atoms with Gasteiger partial charge < -0.3 is 10.6 Å². The van der Waals surface area contributed by atoms with Crippen LogP contribution < -0.4 is 10.6 Å². The van der Waals surface area contributed by atoms with Gasteiger partial charge in [0.2, 0.25) is 0 Å². The fraction of sp³-hybridized carbons (Fsp3) is 0.455. The number of nitrogens with two attached hydrogens (primary N) is 1. The molecule has 2 rings (SSSR count). The van der Waals surface area contributed by atoms with E-state index >= 15 is 0 Å². The number of anilines is 2. The van der Waals surface area contributed by atoms with Crippen LogP contribution in [0.2, 0.25) is 0 Å². The smallest absolute Gasteiger partial charge is 0.177 e. The monoisotopic (exact) mass is 240 g/mol. The van der Waals surface area contributed by atoms with Crippen molar-refractivity contribution in [3.05, 3.63) is 18.2 Å². The van der Waals surface area contributed by atoms with Crippen molar-refractivity contribution in [2.75, 3.05) is 30.0 Å². The number of nitrogens with zero attached hydrogens (tertiary/aromatic N) is 1. The lowest BCUT2D eigenvalue weighted by Crippen LogP contribution is -2.18. The molecule has 1 aliphatic heterocycles. The van der Waals surface area contributed by atoms with Crippen LogP contribution in [0.5, 0.6) is 0 Å². The molecule has 0 bridgehead atoms. The molecule has 1 aliphatic rings. The van der Waals surface area contributed by atoms with Gasteiger partial charge in [-0.1, -0.05) is 0 Å². The van der Waals surface area contributed by atoms with Crippen molar-refractivity contribution in [1.82, 2.24) is 0 Å². The van der Waals surface area contributed by atoms with Gasteiger partial charge in [-0.3, -0.25) is 0 Å². The molecule has 0 amide bonds. The predicted octanol–water partition coefficient (Wildman–Crippen LogP) is 1.27. The Morgan fingerprint density at radius 1 is 1.25 bits per heavy atom. The van der Waals surface area contributed by atoms with Gasteiger partial charge in [0.1, 0.15) is 0 Å². The van der Waals surface area contributed by atoms with Crippen LogP contribution in [0, 0.1) is 0 Å². The molecule has 1 aromatic carbocycles. The second-order valence-corrected chi connectivity index (χ2v) is 6.17. The Labute approximate surface area is 96.0 Å². The molecule has 2 N–H and O–H groups in total. The highest BCUT2D eigenvalue weighted by molar-refractivity contribution is 7.90. The first kappa shape index (κ1) is 11.3. The molecular formula is C11H16N2O2S. The molecular weight excluding hydrogens is 224 g/mol. The number of nitrogen functional groups attached to an aromatic ring is 1. The second-order valence-electron chi connectivity index (χ2n) is 4.19. The topological polar surface area (TPSA) is 63.4 Å². The van der Waals surface area contributed by atoms with Crippen molar-refractivity contribution < 1.29 is 8.42 Å². The van der Waals surface area contributed by atoms with Crippen molar-refractivity contribution in [2.24, 2.45) is 0 Å². The van der Waals surface area contributed by atoms with Crippen LogP contribution in [0.3, 0.4) is 0 Å². The third kappa shape index (κ3) is 2.14. The zero-order chi connectivity index (χ0) is 11.8. The Balaban J connectivity index is 2.36. The van der Waals surface area contributed by atoms with Crippen LogP contribution in [0.15, 0.2) is 23.1 Å². The van der Waals surface area contributed by atoms with Crippen molar-refractivity contribution >= 4 is 21.2 Å². The summed E-state index contributed by atoms with van der Waals surface area (Å²) < 4.78 is 22.8. The molecule has 0 unspecified atom stereocenters. The van der Waals surface area contributed by atoms with Gasteiger partial charge in [-0.05, 0) is 31.0 Å². The van der Waals surface area contributed by atoms with Crippen molar-refractivity contribution in [3.8, 4) is 0 Å². The normalized spacial score (nSPS) is 16.7. The molecule has 0 spiro atoms. The summed E-state index contributed by atoms with van der Waals surface area (Å²) in [4.78, 5) is 2.44. The van der Waals surface area contributed by atoms with Gasteiger partial charge in [0.25, 0.3) is 0 Å². The molecule has 4 nitrogen and oxygen atoms in total. The number of rotatable bonds is 2. The maximum absolute atomic E-state index is 11.4. The zero-order valence-corrected chi connectivity index (χ0v) is 10.1. The molecule has 16 heavy (non-hydrogen) atoms. The summed E-state index contributed by atoms with van der Waals surface area (Å²) in [5.41, 5.74) is 7.13. The highest BCUT2D eigenvalue weighted by Crippen LogP contribution is 2.26. The minimum Gasteiger partial charge on any atom is -0.398 e. The Morgan fingerprint density at radius 3 is 2.38 bits per heavy atom. The first-order valence-corrected chi connectivity index (χ1v) is 7.22. The minimum absolute atomic E-state index is 0.218. The van der Waals surface area contributed by atoms with Crippen LogP contribution in [0.25, 0.3) is 0 Å². The van der Waals surface area contributed by atoms with E-state index in [4.69, 9.17) is 5.73 Å². The molecule has 0 aromatic heterocycles. The number of benzene rings is 1. The van der Waals surface area contributed by atoms with E-state index in [0.717, 1.165) is 18.8 Å². The predicted molar refractivity (Wildman–Crippen MR) is 65.4 cm³/mol. The van der Waals surface area contributed by atoms with Crippen molar-refractivity contribution in [3.63, 3.8) is 0 Å². The highest BCUT2D eigenvalue weighted by atomic mass is 32.2. The molecule has 1 saturated heterocycles. The molecule has 0 atom stereocenters. The van der Waals surface area contributed by atoms with Crippen molar-refractivity contribution in [1.29, 1.82) is 0 Å². The standard InChI is InChI=1S/C11H16N2O2S/c1-16(14,15)11-5-4-9(8-10(11)12)13-6-2-3-7-13/h4-5,8H,2-3,6-7,12H2,1H3. The fourth-order valence-electron chi connectivity index (χ4n) is 2.05. The summed E-state index contributed by atoms with van der Waals surface area (Å²) >= 11 is 0. The first-order chi connectivity index (χ1) is 7.48. The van der Waals surface area contributed by atoms with E-state index in [-0.39, 0.29) is 4.90 Å². The molecule has 1 heterocycles. The summed E-state index contributed by atoms with van der Waals surface area (Å²) in [6.07, 6.45) is 3.55. The Bertz CT molecular complexity index is 491. The fourth-order valence-corrected chi connectivity index (χ4v) is 2.85. The van der Waals surface area contributed by atoms with E-state index in [1.807, 2.05) is 6.07 Å². The lowest BCUT2D eigenvalue weighted by molar-refractivity contribution is 0.602.